The Kier molecular flexibility index (Phi) is 5.72. The van der Waals surface area contributed by atoms with Crippen molar-refractivity contribution in [1.29, 1.82) is 0 Å². The van der Waals surface area contributed by atoms with Crippen LogP contribution in [0.4, 0.5) is 16.2 Å². The molecule has 0 bridgehead atoms. The molecule has 0 unspecified atom stereocenters. The second kappa shape index (κ2) is 7.43. The lowest BCUT2D eigenvalue weighted by Crippen LogP contribution is -2.51. The lowest BCUT2D eigenvalue weighted by atomic mass is 9.95. The van der Waals surface area contributed by atoms with E-state index in [1.54, 1.807) is 20.8 Å². The summed E-state index contributed by atoms with van der Waals surface area (Å²) in [6, 6.07) is 1.31. The van der Waals surface area contributed by atoms with E-state index in [9.17, 15) is 14.9 Å². The number of rotatable bonds is 3. The van der Waals surface area contributed by atoms with E-state index >= 15 is 0 Å². The Morgan fingerprint density at radius 2 is 2.16 bits per heavy atom. The van der Waals surface area contributed by atoms with Gasteiger partial charge < -0.3 is 15.0 Å². The highest BCUT2D eigenvalue weighted by Gasteiger charge is 2.31. The Labute approximate surface area is 151 Å². The molecule has 1 N–H and O–H groups in total. The van der Waals surface area contributed by atoms with Gasteiger partial charge in [-0.15, -0.1) is 0 Å². The van der Waals surface area contributed by atoms with E-state index < -0.39 is 16.6 Å². The maximum absolute atomic E-state index is 12.0. The van der Waals surface area contributed by atoms with Crippen molar-refractivity contribution in [1.82, 2.24) is 10.3 Å². The van der Waals surface area contributed by atoms with Crippen LogP contribution >= 0.6 is 11.6 Å². The molecule has 25 heavy (non-hydrogen) atoms. The van der Waals surface area contributed by atoms with Crippen LogP contribution in [0.5, 0.6) is 0 Å². The van der Waals surface area contributed by atoms with Gasteiger partial charge in [0.25, 0.3) is 0 Å². The highest BCUT2D eigenvalue weighted by molar-refractivity contribution is 6.29. The van der Waals surface area contributed by atoms with Crippen LogP contribution in [0.15, 0.2) is 12.3 Å². The summed E-state index contributed by atoms with van der Waals surface area (Å²) < 4.78 is 5.29. The lowest BCUT2D eigenvalue weighted by molar-refractivity contribution is -0.384. The van der Waals surface area contributed by atoms with E-state index in [1.807, 2.05) is 11.8 Å². The first-order valence-electron chi connectivity index (χ1n) is 8.09. The van der Waals surface area contributed by atoms with Gasteiger partial charge in [-0.2, -0.15) is 0 Å². The summed E-state index contributed by atoms with van der Waals surface area (Å²) in [5.41, 5.74) is -0.274. The number of nitrogens with one attached hydrogen (secondary N) is 1. The van der Waals surface area contributed by atoms with Crippen LogP contribution < -0.4 is 10.2 Å². The van der Waals surface area contributed by atoms with Crippen molar-refractivity contribution >= 4 is 29.1 Å². The third kappa shape index (κ3) is 5.45. The van der Waals surface area contributed by atoms with Gasteiger partial charge in [0.1, 0.15) is 22.6 Å². The van der Waals surface area contributed by atoms with Crippen LogP contribution in [0, 0.1) is 16.0 Å². The van der Waals surface area contributed by atoms with Crippen molar-refractivity contribution in [3.63, 3.8) is 0 Å². The highest BCUT2D eigenvalue weighted by Crippen LogP contribution is 2.32. The molecule has 1 saturated heterocycles. The number of pyridine rings is 1. The first kappa shape index (κ1) is 19.2. The number of piperidine rings is 1. The normalized spacial score (nSPS) is 20.9. The molecule has 1 aliphatic rings. The average Bonchev–Trinajstić information content (AvgIpc) is 2.43. The number of carbonyl (C=O) groups is 1. The lowest BCUT2D eigenvalue weighted by Gasteiger charge is -2.38. The Bertz CT molecular complexity index is 662. The fourth-order valence-corrected chi connectivity index (χ4v) is 3.09. The van der Waals surface area contributed by atoms with Gasteiger partial charge in [-0.3, -0.25) is 10.1 Å². The number of ether oxygens (including phenoxy) is 1. The molecule has 0 radical (unpaired) electrons. The minimum atomic E-state index is -0.582. The summed E-state index contributed by atoms with van der Waals surface area (Å²) in [7, 11) is 0. The quantitative estimate of drug-likeness (QED) is 0.497. The van der Waals surface area contributed by atoms with E-state index in [2.05, 4.69) is 10.3 Å². The van der Waals surface area contributed by atoms with Crippen molar-refractivity contribution in [2.45, 2.75) is 45.8 Å². The van der Waals surface area contributed by atoms with E-state index in [1.165, 1.54) is 6.07 Å². The predicted octanol–water partition coefficient (Wildman–Crippen LogP) is 3.38. The van der Waals surface area contributed by atoms with Crippen molar-refractivity contribution in [2.75, 3.05) is 18.0 Å². The van der Waals surface area contributed by atoms with Gasteiger partial charge >= 0.3 is 11.8 Å². The van der Waals surface area contributed by atoms with E-state index in [0.717, 1.165) is 12.6 Å². The molecule has 2 heterocycles. The molecule has 0 saturated carbocycles. The largest absolute Gasteiger partial charge is 0.444 e. The molecule has 0 spiro atoms. The van der Waals surface area contributed by atoms with E-state index in [4.69, 9.17) is 16.3 Å². The van der Waals surface area contributed by atoms with Crippen molar-refractivity contribution < 1.29 is 14.5 Å². The SMILES string of the molecule is C[C@@H]1C[C@H](NC(=O)OC(C)(C)C)CN(c2cc(Cl)ncc2[N+](=O)[O-])C1. The number of aromatic nitrogens is 1. The fourth-order valence-electron chi connectivity index (χ4n) is 2.93. The summed E-state index contributed by atoms with van der Waals surface area (Å²) in [5.74, 6) is 0.236. The van der Waals surface area contributed by atoms with Crippen LogP contribution in [0.2, 0.25) is 5.15 Å². The van der Waals surface area contributed by atoms with Gasteiger partial charge in [-0.05, 0) is 33.1 Å². The Balaban J connectivity index is 2.17. The maximum Gasteiger partial charge on any atom is 0.407 e. The van der Waals surface area contributed by atoms with Crippen LogP contribution in [0.3, 0.4) is 0 Å². The Hall–Kier alpha value is -2.09. The number of amides is 1. The molecule has 1 amide bonds. The van der Waals surface area contributed by atoms with E-state index in [-0.39, 0.29) is 22.8 Å². The number of anilines is 1. The molecular weight excluding hydrogens is 348 g/mol. The number of nitro groups is 1. The van der Waals surface area contributed by atoms with Crippen molar-refractivity contribution in [3.8, 4) is 0 Å². The monoisotopic (exact) mass is 370 g/mol. The standard InChI is InChI=1S/C16H23ClN4O4/c1-10-5-11(19-15(22)25-16(2,3)4)9-20(8-10)12-6-14(17)18-7-13(12)21(23)24/h6-7,10-11H,5,8-9H2,1-4H3,(H,19,22)/t10-,11+/m1/s1. The van der Waals surface area contributed by atoms with Gasteiger partial charge in [0.05, 0.1) is 4.92 Å². The zero-order valence-electron chi connectivity index (χ0n) is 14.8. The molecular formula is C16H23ClN4O4. The molecule has 2 atom stereocenters. The molecule has 8 nitrogen and oxygen atoms in total. The molecule has 1 fully saturated rings. The minimum absolute atomic E-state index is 0.102. The molecule has 1 aromatic rings. The zero-order valence-corrected chi connectivity index (χ0v) is 15.5. The summed E-state index contributed by atoms with van der Waals surface area (Å²) >= 11 is 5.92. The summed E-state index contributed by atoms with van der Waals surface area (Å²) in [5, 5.41) is 14.3. The van der Waals surface area contributed by atoms with Gasteiger partial charge in [-0.25, -0.2) is 9.78 Å². The van der Waals surface area contributed by atoms with Crippen LogP contribution in [0.25, 0.3) is 0 Å². The van der Waals surface area contributed by atoms with Crippen LogP contribution in [0.1, 0.15) is 34.1 Å². The minimum Gasteiger partial charge on any atom is -0.444 e. The first-order chi connectivity index (χ1) is 11.5. The molecule has 1 aliphatic heterocycles. The second-order valence-corrected chi connectivity index (χ2v) is 7.73. The molecule has 0 aliphatic carbocycles. The third-order valence-corrected chi connectivity index (χ3v) is 3.95. The Morgan fingerprint density at radius 1 is 1.48 bits per heavy atom. The molecule has 138 valence electrons. The van der Waals surface area contributed by atoms with Crippen LogP contribution in [-0.4, -0.2) is 40.7 Å². The second-order valence-electron chi connectivity index (χ2n) is 7.34. The Morgan fingerprint density at radius 3 is 2.76 bits per heavy atom. The summed E-state index contributed by atoms with van der Waals surface area (Å²) in [4.78, 5) is 28.5. The summed E-state index contributed by atoms with van der Waals surface area (Å²) in [6.45, 7) is 8.49. The van der Waals surface area contributed by atoms with Gasteiger partial charge in [-0.1, -0.05) is 18.5 Å². The molecule has 9 heteroatoms. The average molecular weight is 371 g/mol. The predicted molar refractivity (Wildman–Crippen MR) is 95.1 cm³/mol. The number of carbonyl (C=O) groups excluding carboxylic acids is 1. The fraction of sp³-hybridized carbons (Fsp3) is 0.625. The highest BCUT2D eigenvalue weighted by atomic mass is 35.5. The zero-order chi connectivity index (χ0) is 18.8. The first-order valence-corrected chi connectivity index (χ1v) is 8.47. The number of hydrogen-bond acceptors (Lipinski definition) is 6. The van der Waals surface area contributed by atoms with Crippen molar-refractivity contribution in [2.24, 2.45) is 5.92 Å². The molecule has 0 aromatic carbocycles. The smallest absolute Gasteiger partial charge is 0.407 e. The van der Waals surface area contributed by atoms with Crippen molar-refractivity contribution in [3.05, 3.63) is 27.5 Å². The van der Waals surface area contributed by atoms with Gasteiger partial charge in [0.2, 0.25) is 0 Å². The summed E-state index contributed by atoms with van der Waals surface area (Å²) in [6.07, 6.45) is 1.43. The topological polar surface area (TPSA) is 97.6 Å². The molecule has 1 aromatic heterocycles. The number of alkyl carbamates (subject to hydrolysis) is 1. The van der Waals surface area contributed by atoms with Gasteiger partial charge in [0.15, 0.2) is 0 Å². The third-order valence-electron chi connectivity index (χ3n) is 3.75. The van der Waals surface area contributed by atoms with Gasteiger partial charge in [0, 0.05) is 25.2 Å². The van der Waals surface area contributed by atoms with E-state index in [0.29, 0.717) is 18.8 Å². The number of halogens is 1. The van der Waals surface area contributed by atoms with Crippen LogP contribution in [-0.2, 0) is 4.74 Å². The maximum atomic E-state index is 12.0. The number of hydrogen-bond donors (Lipinski definition) is 1. The number of nitrogens with zero attached hydrogens (tertiary/aromatic N) is 3. The molecule has 2 rings (SSSR count).